The first-order valence-electron chi connectivity index (χ1n) is 5.50. The number of aryl methyl sites for hydroxylation is 1. The largest absolute Gasteiger partial charge is 0.299 e. The predicted octanol–water partition coefficient (Wildman–Crippen LogP) is 2.04. The van der Waals surface area contributed by atoms with E-state index in [1.165, 1.54) is 18.0 Å². The first-order valence-corrected chi connectivity index (χ1v) is 6.72. The van der Waals surface area contributed by atoms with Gasteiger partial charge in [-0.25, -0.2) is 8.78 Å². The fraction of sp³-hybridized carbons (Fsp3) is 0.400. The molecule has 0 N–H and O–H groups in total. The molecule has 0 amide bonds. The topological polar surface area (TPSA) is 60.9 Å². The summed E-state index contributed by atoms with van der Waals surface area (Å²) < 4.78 is 28.2. The van der Waals surface area contributed by atoms with Crippen LogP contribution in [-0.4, -0.2) is 37.1 Å². The van der Waals surface area contributed by atoms with E-state index in [1.54, 1.807) is 23.3 Å². The lowest BCUT2D eigenvalue weighted by atomic mass is 10.4. The molecule has 2 rings (SSSR count). The number of rotatable bonds is 5. The lowest BCUT2D eigenvalue weighted by Crippen LogP contribution is -2.00. The molecule has 0 unspecified atom stereocenters. The third-order valence-corrected chi connectivity index (χ3v) is 2.93. The molecule has 2 aromatic heterocycles. The third-order valence-electron chi connectivity index (χ3n) is 2.31. The summed E-state index contributed by atoms with van der Waals surface area (Å²) in [4.78, 5) is 0. The summed E-state index contributed by atoms with van der Waals surface area (Å²) in [6.07, 6.45) is 3.84. The lowest BCUT2D eigenvalue weighted by Gasteiger charge is -2.00. The van der Waals surface area contributed by atoms with E-state index >= 15 is 0 Å². The summed E-state index contributed by atoms with van der Waals surface area (Å²) in [5.74, 6) is -0.469. The Labute approximate surface area is 112 Å². The van der Waals surface area contributed by atoms with Gasteiger partial charge in [0.15, 0.2) is 0 Å². The molecule has 2 heterocycles. The van der Waals surface area contributed by atoms with E-state index in [9.17, 15) is 8.78 Å². The number of nitrogens with zero attached hydrogens (tertiary/aromatic N) is 6. The van der Waals surface area contributed by atoms with Gasteiger partial charge in [0.05, 0.1) is 12.4 Å². The summed E-state index contributed by atoms with van der Waals surface area (Å²) in [5, 5.41) is 15.4. The van der Waals surface area contributed by atoms with E-state index < -0.39 is 12.2 Å². The molecule has 0 fully saturated rings. The van der Waals surface area contributed by atoms with Gasteiger partial charge >= 0.3 is 0 Å². The Balaban J connectivity index is 2.28. The molecule has 0 spiro atoms. The van der Waals surface area contributed by atoms with E-state index in [4.69, 9.17) is 0 Å². The van der Waals surface area contributed by atoms with Crippen molar-refractivity contribution in [1.82, 2.24) is 24.7 Å². The van der Waals surface area contributed by atoms with Crippen molar-refractivity contribution in [3.8, 4) is 0 Å². The van der Waals surface area contributed by atoms with Crippen molar-refractivity contribution < 1.29 is 8.78 Å². The van der Waals surface area contributed by atoms with Crippen LogP contribution in [0.4, 0.5) is 8.78 Å². The number of halogens is 2. The zero-order valence-electron chi connectivity index (χ0n) is 10.4. The van der Waals surface area contributed by atoms with Crippen LogP contribution in [0.3, 0.4) is 0 Å². The highest BCUT2D eigenvalue weighted by Crippen LogP contribution is 2.21. The molecule has 2 aromatic rings. The molecule has 19 heavy (non-hydrogen) atoms. The maximum Gasteiger partial charge on any atom is 0.299 e. The van der Waals surface area contributed by atoms with Gasteiger partial charge in [0.25, 0.3) is 6.43 Å². The van der Waals surface area contributed by atoms with Crippen LogP contribution >= 0.6 is 11.8 Å². The molecule has 6 nitrogen and oxygen atoms in total. The molecule has 0 atom stereocenters. The second-order valence-electron chi connectivity index (χ2n) is 3.53. The number of hydrogen-bond acceptors (Lipinski definition) is 5. The molecule has 0 saturated carbocycles. The lowest BCUT2D eigenvalue weighted by molar-refractivity contribution is 0.135. The summed E-state index contributed by atoms with van der Waals surface area (Å²) >= 11 is 1.20. The van der Waals surface area contributed by atoms with Crippen molar-refractivity contribution >= 4 is 18.0 Å². The van der Waals surface area contributed by atoms with Crippen LogP contribution in [0.2, 0.25) is 0 Å². The van der Waals surface area contributed by atoms with E-state index in [-0.39, 0.29) is 0 Å². The third kappa shape index (κ3) is 2.98. The second kappa shape index (κ2) is 5.91. The van der Waals surface area contributed by atoms with E-state index in [2.05, 4.69) is 20.4 Å². The fourth-order valence-electron chi connectivity index (χ4n) is 1.39. The van der Waals surface area contributed by atoms with Crippen LogP contribution in [-0.2, 0) is 6.54 Å². The minimum atomic E-state index is -2.72. The van der Waals surface area contributed by atoms with Crippen molar-refractivity contribution in [3.63, 3.8) is 0 Å². The molecule has 102 valence electrons. The fourth-order valence-corrected chi connectivity index (χ4v) is 1.83. The van der Waals surface area contributed by atoms with Crippen molar-refractivity contribution in [2.75, 3.05) is 6.26 Å². The molecule has 0 saturated heterocycles. The molecule has 0 aliphatic heterocycles. The van der Waals surface area contributed by atoms with Crippen LogP contribution in [0.25, 0.3) is 0 Å². The summed E-state index contributed by atoms with van der Waals surface area (Å²) in [5.41, 5.74) is 0.725. The van der Waals surface area contributed by atoms with Gasteiger partial charge in [0.1, 0.15) is 0 Å². The van der Waals surface area contributed by atoms with Crippen LogP contribution in [0.15, 0.2) is 22.7 Å². The molecule has 9 heteroatoms. The second-order valence-corrected chi connectivity index (χ2v) is 4.30. The zero-order chi connectivity index (χ0) is 13.8. The predicted molar refractivity (Wildman–Crippen MR) is 67.7 cm³/mol. The Morgan fingerprint density at radius 2 is 2.26 bits per heavy atom. The van der Waals surface area contributed by atoms with Crippen molar-refractivity contribution in [2.24, 2.45) is 5.10 Å². The normalized spacial score (nSPS) is 11.8. The van der Waals surface area contributed by atoms with Crippen molar-refractivity contribution in [1.29, 1.82) is 0 Å². The Kier molecular flexibility index (Phi) is 4.25. The standard InChI is InChI=1S/C10H12F2N6S/c1-3-17-6-7(4-13-17)5-14-18-9(8(11)12)15-16-10(18)19-2/h4-6,8H,3H2,1-2H3/b14-5-. The Morgan fingerprint density at radius 3 is 2.84 bits per heavy atom. The van der Waals surface area contributed by atoms with E-state index in [1.807, 2.05) is 6.92 Å². The van der Waals surface area contributed by atoms with Crippen LogP contribution < -0.4 is 0 Å². The molecule has 0 aromatic carbocycles. The average molecular weight is 286 g/mol. The first-order chi connectivity index (χ1) is 9.15. The summed E-state index contributed by atoms with van der Waals surface area (Å²) in [6.45, 7) is 2.69. The maximum atomic E-state index is 12.7. The van der Waals surface area contributed by atoms with Crippen LogP contribution in [0, 0.1) is 0 Å². The minimum Gasteiger partial charge on any atom is -0.272 e. The number of hydrogen-bond donors (Lipinski definition) is 0. The smallest absolute Gasteiger partial charge is 0.272 e. The quantitative estimate of drug-likeness (QED) is 0.623. The Bertz CT molecular complexity index is 576. The molecule has 0 aliphatic carbocycles. The first kappa shape index (κ1) is 13.7. The van der Waals surface area contributed by atoms with Gasteiger partial charge in [-0.15, -0.1) is 10.2 Å². The highest BCUT2D eigenvalue weighted by atomic mass is 32.2. The molecular formula is C10H12F2N6S. The highest BCUT2D eigenvalue weighted by Gasteiger charge is 2.19. The zero-order valence-corrected chi connectivity index (χ0v) is 11.2. The summed E-state index contributed by atoms with van der Waals surface area (Å²) in [7, 11) is 0. The van der Waals surface area contributed by atoms with Crippen LogP contribution in [0.1, 0.15) is 24.7 Å². The maximum absolute atomic E-state index is 12.7. The van der Waals surface area contributed by atoms with Gasteiger partial charge in [-0.05, 0) is 13.2 Å². The van der Waals surface area contributed by atoms with E-state index in [0.717, 1.165) is 16.8 Å². The number of alkyl halides is 2. The molecule has 0 bridgehead atoms. The average Bonchev–Trinajstić information content (AvgIpc) is 3.02. The summed E-state index contributed by atoms with van der Waals surface area (Å²) in [6, 6.07) is 0. The van der Waals surface area contributed by atoms with Crippen molar-refractivity contribution in [3.05, 3.63) is 23.8 Å². The number of thioether (sulfide) groups is 1. The minimum absolute atomic E-state index is 0.314. The highest BCUT2D eigenvalue weighted by molar-refractivity contribution is 7.98. The van der Waals surface area contributed by atoms with E-state index in [0.29, 0.717) is 5.16 Å². The van der Waals surface area contributed by atoms with Gasteiger partial charge in [0.2, 0.25) is 11.0 Å². The number of aromatic nitrogens is 5. The van der Waals surface area contributed by atoms with Gasteiger partial charge in [-0.1, -0.05) is 11.8 Å². The van der Waals surface area contributed by atoms with Gasteiger partial charge in [0, 0.05) is 18.3 Å². The van der Waals surface area contributed by atoms with Gasteiger partial charge < -0.3 is 0 Å². The molecule has 0 radical (unpaired) electrons. The SMILES string of the molecule is CCn1cc(/C=N\n2c(SC)nnc2C(F)F)cn1. The van der Waals surface area contributed by atoms with Crippen LogP contribution in [0.5, 0.6) is 0 Å². The van der Waals surface area contributed by atoms with Crippen molar-refractivity contribution in [2.45, 2.75) is 25.1 Å². The molecular weight excluding hydrogens is 274 g/mol. The van der Waals surface area contributed by atoms with Gasteiger partial charge in [-0.3, -0.25) is 4.68 Å². The monoisotopic (exact) mass is 286 g/mol. The molecule has 0 aliphatic rings. The Hall–Kier alpha value is -1.77. The van der Waals surface area contributed by atoms with Gasteiger partial charge in [-0.2, -0.15) is 14.9 Å². The Morgan fingerprint density at radius 1 is 1.47 bits per heavy atom.